The highest BCUT2D eigenvalue weighted by atomic mass is 16.1. The Morgan fingerprint density at radius 2 is 0.416 bits per heavy atom. The fraction of sp³-hybridized carbons (Fsp3) is 0.0123. The lowest BCUT2D eigenvalue weighted by Crippen LogP contribution is -2.27. The Kier molecular flexibility index (Phi) is 12.9. The van der Waals surface area contributed by atoms with E-state index in [2.05, 4.69) is 84.9 Å². The van der Waals surface area contributed by atoms with E-state index in [1.165, 1.54) is 0 Å². The first-order valence-electron chi connectivity index (χ1n) is 29.7. The second-order valence-corrected chi connectivity index (χ2v) is 22.4. The average molecular weight is 1140 g/mol. The van der Waals surface area contributed by atoms with Gasteiger partial charge in [-0.1, -0.05) is 279 Å². The van der Waals surface area contributed by atoms with Crippen LogP contribution in [0.15, 0.2) is 303 Å². The molecule has 89 heavy (non-hydrogen) atoms. The minimum Gasteiger partial charge on any atom is -0.289 e. The summed E-state index contributed by atoms with van der Waals surface area (Å²) in [6.45, 7) is 0. The summed E-state index contributed by atoms with van der Waals surface area (Å²) in [5, 5.41) is 0. The van der Waals surface area contributed by atoms with Crippen molar-refractivity contribution >= 4 is 11.6 Å². The Bertz CT molecular complexity index is 4630. The van der Waals surface area contributed by atoms with E-state index in [9.17, 15) is 0 Å². The highest BCUT2D eigenvalue weighted by molar-refractivity contribution is 6.12. The lowest BCUT2D eigenvalue weighted by molar-refractivity contribution is 0.103. The molecule has 8 nitrogen and oxygen atoms in total. The minimum atomic E-state index is -1.16. The van der Waals surface area contributed by atoms with E-state index in [1.54, 1.807) is 0 Å². The smallest absolute Gasteiger partial charge is 0.193 e. The molecule has 2 aliphatic rings. The molecule has 16 rings (SSSR count). The first kappa shape index (κ1) is 52.5. The number of hydrogen-bond acceptors (Lipinski definition) is 8. The van der Waals surface area contributed by atoms with Gasteiger partial charge in [-0.25, -0.2) is 29.9 Å². The van der Waals surface area contributed by atoms with Gasteiger partial charge in [-0.05, 0) is 91.0 Å². The minimum absolute atomic E-state index is 0.117. The summed E-state index contributed by atoms with van der Waals surface area (Å²) < 4.78 is 0. The van der Waals surface area contributed by atoms with Crippen LogP contribution in [0.3, 0.4) is 0 Å². The van der Waals surface area contributed by atoms with Crippen LogP contribution in [0.2, 0.25) is 0 Å². The first-order valence-corrected chi connectivity index (χ1v) is 29.7. The van der Waals surface area contributed by atoms with Gasteiger partial charge in [-0.15, -0.1) is 0 Å². The molecule has 2 aromatic heterocycles. The molecular formula is C81H50N6O2. The zero-order valence-electron chi connectivity index (χ0n) is 47.9. The van der Waals surface area contributed by atoms with Crippen LogP contribution < -0.4 is 0 Å². The Morgan fingerprint density at radius 1 is 0.202 bits per heavy atom. The molecule has 0 unspecified atom stereocenters. The highest BCUT2D eigenvalue weighted by Gasteiger charge is 2.53. The predicted molar refractivity (Wildman–Crippen MR) is 353 cm³/mol. The average Bonchev–Trinajstić information content (AvgIpc) is 1.51. The van der Waals surface area contributed by atoms with Gasteiger partial charge < -0.3 is 0 Å². The zero-order valence-corrected chi connectivity index (χ0v) is 47.9. The molecule has 12 aromatic carbocycles. The summed E-state index contributed by atoms with van der Waals surface area (Å²) >= 11 is 0. The number of hydrogen-bond donors (Lipinski definition) is 0. The van der Waals surface area contributed by atoms with Crippen molar-refractivity contribution < 1.29 is 9.59 Å². The van der Waals surface area contributed by atoms with Gasteiger partial charge in [-0.2, -0.15) is 0 Å². The molecule has 0 bridgehead atoms. The van der Waals surface area contributed by atoms with E-state index in [0.29, 0.717) is 57.2 Å². The van der Waals surface area contributed by atoms with E-state index in [4.69, 9.17) is 29.9 Å². The van der Waals surface area contributed by atoms with Gasteiger partial charge in [0.25, 0.3) is 0 Å². The second-order valence-electron chi connectivity index (χ2n) is 22.4. The van der Waals surface area contributed by atoms with Crippen molar-refractivity contribution in [2.75, 3.05) is 0 Å². The molecule has 8 heteroatoms. The van der Waals surface area contributed by atoms with Gasteiger partial charge >= 0.3 is 0 Å². The van der Waals surface area contributed by atoms with Crippen LogP contribution in [0.5, 0.6) is 0 Å². The lowest BCUT2D eigenvalue weighted by atomic mass is 9.69. The molecule has 2 aliphatic carbocycles. The predicted octanol–water partition coefficient (Wildman–Crippen LogP) is 18.2. The SMILES string of the molecule is O=C(c1ccc(-c2ccccc2)cc1)c1ccc2c(c1)C1(c3cc(C(=O)c4ccc(-c5ccccc5)cc4)ccc3-c3ccc(-c4nc(-c5ccccc5)nc(-c5ccccc5)n4)cc31)c1cc(-c3nc(-c4ccccc4)nc(-c4ccccc4)n3)ccc1-2. The van der Waals surface area contributed by atoms with Crippen LogP contribution in [0, 0.1) is 0 Å². The number of ketones is 2. The van der Waals surface area contributed by atoms with Crippen molar-refractivity contribution in [2.24, 2.45) is 0 Å². The molecule has 0 aliphatic heterocycles. The van der Waals surface area contributed by atoms with Crippen LogP contribution in [-0.2, 0) is 5.41 Å². The number of aromatic nitrogens is 6. The van der Waals surface area contributed by atoms with Crippen molar-refractivity contribution in [2.45, 2.75) is 5.41 Å². The van der Waals surface area contributed by atoms with Gasteiger partial charge in [-0.3, -0.25) is 9.59 Å². The molecule has 1 spiro atoms. The molecule has 2 heterocycles. The third kappa shape index (κ3) is 9.26. The molecule has 0 atom stereocenters. The van der Waals surface area contributed by atoms with E-state index >= 15 is 9.59 Å². The number of fused-ring (bicyclic) bond motifs is 10. The highest BCUT2D eigenvalue weighted by Crippen LogP contribution is 2.64. The van der Waals surface area contributed by atoms with Crippen molar-refractivity contribution in [3.05, 3.63) is 348 Å². The zero-order chi connectivity index (χ0) is 59.4. The van der Waals surface area contributed by atoms with Crippen LogP contribution in [-0.4, -0.2) is 41.5 Å². The van der Waals surface area contributed by atoms with E-state index in [0.717, 1.165) is 100 Å². The van der Waals surface area contributed by atoms with Gasteiger partial charge in [0.05, 0.1) is 5.41 Å². The number of rotatable bonds is 12. The molecule has 0 saturated carbocycles. The number of carbonyl (C=O) groups is 2. The van der Waals surface area contributed by atoms with Crippen molar-refractivity contribution in [3.8, 4) is 113 Å². The maximum atomic E-state index is 15.3. The molecule has 0 saturated heterocycles. The number of benzene rings is 12. The largest absolute Gasteiger partial charge is 0.289 e. The Balaban J connectivity index is 0.943. The second kappa shape index (κ2) is 21.8. The molecule has 416 valence electrons. The summed E-state index contributed by atoms with van der Waals surface area (Å²) in [4.78, 5) is 61.7. The quantitative estimate of drug-likeness (QED) is 0.111. The molecule has 0 radical (unpaired) electrons. The number of carbonyl (C=O) groups excluding carboxylic acids is 2. The molecule has 0 fully saturated rings. The summed E-state index contributed by atoms with van der Waals surface area (Å²) in [5.41, 5.74) is 17.6. The summed E-state index contributed by atoms with van der Waals surface area (Å²) in [6, 6.07) is 101. The third-order valence-corrected chi connectivity index (χ3v) is 17.2. The van der Waals surface area contributed by atoms with E-state index in [1.807, 2.05) is 218 Å². The molecule has 0 amide bonds. The third-order valence-electron chi connectivity index (χ3n) is 17.2. The fourth-order valence-electron chi connectivity index (χ4n) is 12.9. The molecular weight excluding hydrogens is 1090 g/mol. The monoisotopic (exact) mass is 1140 g/mol. The van der Waals surface area contributed by atoms with Crippen LogP contribution >= 0.6 is 0 Å². The topological polar surface area (TPSA) is 111 Å². The Hall–Kier alpha value is -12.0. The van der Waals surface area contributed by atoms with Crippen LogP contribution in [0.25, 0.3) is 113 Å². The maximum Gasteiger partial charge on any atom is 0.193 e. The van der Waals surface area contributed by atoms with Crippen molar-refractivity contribution in [1.82, 2.24) is 29.9 Å². The van der Waals surface area contributed by atoms with Gasteiger partial charge in [0.2, 0.25) is 0 Å². The summed E-state index contributed by atoms with van der Waals surface area (Å²) in [7, 11) is 0. The van der Waals surface area contributed by atoms with Crippen molar-refractivity contribution in [3.63, 3.8) is 0 Å². The summed E-state index contributed by atoms with van der Waals surface area (Å²) in [5.74, 6) is 2.90. The Labute approximate surface area is 514 Å². The Morgan fingerprint density at radius 3 is 0.708 bits per heavy atom. The normalized spacial score (nSPS) is 12.2. The maximum absolute atomic E-state index is 15.3. The van der Waals surface area contributed by atoms with Crippen molar-refractivity contribution in [1.29, 1.82) is 0 Å². The summed E-state index contributed by atoms with van der Waals surface area (Å²) in [6.07, 6.45) is 0. The van der Waals surface area contributed by atoms with E-state index < -0.39 is 5.41 Å². The van der Waals surface area contributed by atoms with Gasteiger partial charge in [0, 0.05) is 55.6 Å². The van der Waals surface area contributed by atoms with Gasteiger partial charge in [0.1, 0.15) is 0 Å². The lowest BCUT2D eigenvalue weighted by Gasteiger charge is -2.31. The molecule has 14 aromatic rings. The van der Waals surface area contributed by atoms with Gasteiger partial charge in [0.15, 0.2) is 46.5 Å². The standard InChI is InChI=1S/C81H50N6O2/c88-73(55-35-31-53(32-36-55)51-19-7-1-8-20-51)61-39-43-65-67-45-41-63(79-84-75(57-23-11-3-12-24-57)82-76(85-79)58-25-13-4-14-26-58)49-71(67)81(69(65)47-61)70-48-62(74(89)56-37-33-54(34-38-56)52-21-9-2-10-22-52)40-44-66(70)68-46-42-64(50-72(68)81)80-86-77(59-27-15-5-16-28-59)83-78(87-80)60-29-17-6-18-30-60/h1-50H. The molecule has 0 N–H and O–H groups in total. The number of nitrogens with zero attached hydrogens (tertiary/aromatic N) is 6. The van der Waals surface area contributed by atoms with E-state index in [-0.39, 0.29) is 11.6 Å². The fourth-order valence-corrected chi connectivity index (χ4v) is 12.9. The van der Waals surface area contributed by atoms with Crippen LogP contribution in [0.1, 0.15) is 54.1 Å². The van der Waals surface area contributed by atoms with Crippen LogP contribution in [0.4, 0.5) is 0 Å². The first-order chi connectivity index (χ1) is 43.9.